The fourth-order valence-corrected chi connectivity index (χ4v) is 4.64. The van der Waals surface area contributed by atoms with Gasteiger partial charge < -0.3 is 0 Å². The lowest BCUT2D eigenvalue weighted by Crippen LogP contribution is -2.18. The van der Waals surface area contributed by atoms with Gasteiger partial charge in [0.2, 0.25) is 0 Å². The van der Waals surface area contributed by atoms with Gasteiger partial charge in [-0.25, -0.2) is 15.0 Å². The van der Waals surface area contributed by atoms with E-state index in [1.807, 2.05) is 19.2 Å². The summed E-state index contributed by atoms with van der Waals surface area (Å²) < 4.78 is 0. The molecule has 3 aromatic rings. The third-order valence-corrected chi connectivity index (χ3v) is 5.78. The van der Waals surface area contributed by atoms with Crippen LogP contribution in [0.15, 0.2) is 24.5 Å². The third-order valence-electron chi connectivity index (χ3n) is 4.63. The second-order valence-electron chi connectivity index (χ2n) is 6.32. The number of thiophene rings is 1. The van der Waals surface area contributed by atoms with Gasteiger partial charge in [-0.2, -0.15) is 0 Å². The average molecular weight is 340 g/mol. The van der Waals surface area contributed by atoms with Crippen LogP contribution in [0.2, 0.25) is 0 Å². The maximum absolute atomic E-state index is 5.45. The van der Waals surface area contributed by atoms with Gasteiger partial charge in [-0.05, 0) is 42.9 Å². The van der Waals surface area contributed by atoms with E-state index in [0.717, 1.165) is 40.4 Å². The number of aryl methyl sites for hydroxylation is 1. The number of fused-ring (bicyclic) bond motifs is 3. The Balaban J connectivity index is 1.96. The average Bonchev–Trinajstić information content (AvgIpc) is 2.98. The van der Waals surface area contributed by atoms with Gasteiger partial charge in [-0.3, -0.25) is 9.82 Å². The van der Waals surface area contributed by atoms with Crippen LogP contribution in [0.25, 0.3) is 21.6 Å². The van der Waals surface area contributed by atoms with Crippen LogP contribution in [-0.4, -0.2) is 29.1 Å². The summed E-state index contributed by atoms with van der Waals surface area (Å²) in [5, 5.41) is 2.88. The van der Waals surface area contributed by atoms with Crippen molar-refractivity contribution in [2.45, 2.75) is 26.2 Å². The number of pyridine rings is 1. The highest BCUT2D eigenvalue weighted by molar-refractivity contribution is 7.19. The topological polar surface area (TPSA) is 51.1 Å². The van der Waals surface area contributed by atoms with Gasteiger partial charge in [0.1, 0.15) is 4.83 Å². The third kappa shape index (κ3) is 2.56. The molecule has 24 heavy (non-hydrogen) atoms. The molecular formula is C18H20N4OS. The summed E-state index contributed by atoms with van der Waals surface area (Å²) in [6.07, 6.45) is 7.01. The smallest absolute Gasteiger partial charge is 0.165 e. The summed E-state index contributed by atoms with van der Waals surface area (Å²) in [7, 11) is 3.56. The van der Waals surface area contributed by atoms with Crippen LogP contribution < -0.4 is 5.06 Å². The maximum atomic E-state index is 5.45. The summed E-state index contributed by atoms with van der Waals surface area (Å²) in [5.74, 6) is 2.27. The van der Waals surface area contributed by atoms with Crippen molar-refractivity contribution in [3.8, 4) is 11.4 Å². The number of rotatable bonds is 3. The van der Waals surface area contributed by atoms with Crippen molar-refractivity contribution in [2.75, 3.05) is 19.2 Å². The fourth-order valence-electron chi connectivity index (χ4n) is 3.26. The van der Waals surface area contributed by atoms with Gasteiger partial charge in [0, 0.05) is 29.9 Å². The van der Waals surface area contributed by atoms with E-state index in [4.69, 9.17) is 14.8 Å². The quantitative estimate of drug-likeness (QED) is 0.677. The Kier molecular flexibility index (Phi) is 3.94. The summed E-state index contributed by atoms with van der Waals surface area (Å²) >= 11 is 1.80. The molecule has 0 fully saturated rings. The van der Waals surface area contributed by atoms with Crippen molar-refractivity contribution in [1.82, 2.24) is 15.0 Å². The summed E-state index contributed by atoms with van der Waals surface area (Å²) in [6.45, 7) is 2.32. The van der Waals surface area contributed by atoms with Gasteiger partial charge in [-0.1, -0.05) is 6.92 Å². The lowest BCUT2D eigenvalue weighted by atomic mass is 9.89. The molecular weight excluding hydrogens is 320 g/mol. The molecule has 0 spiro atoms. The van der Waals surface area contributed by atoms with E-state index in [-0.39, 0.29) is 0 Å². The van der Waals surface area contributed by atoms with Crippen molar-refractivity contribution in [3.63, 3.8) is 0 Å². The van der Waals surface area contributed by atoms with E-state index in [1.165, 1.54) is 16.9 Å². The van der Waals surface area contributed by atoms with Gasteiger partial charge in [0.15, 0.2) is 11.6 Å². The molecule has 3 aromatic heterocycles. The lowest BCUT2D eigenvalue weighted by molar-refractivity contribution is 0.183. The van der Waals surface area contributed by atoms with Crippen LogP contribution in [0.1, 0.15) is 23.8 Å². The molecule has 5 nitrogen and oxygen atoms in total. The molecule has 124 valence electrons. The van der Waals surface area contributed by atoms with E-state index < -0.39 is 0 Å². The van der Waals surface area contributed by atoms with Crippen molar-refractivity contribution >= 4 is 27.4 Å². The van der Waals surface area contributed by atoms with E-state index in [2.05, 4.69) is 11.9 Å². The van der Waals surface area contributed by atoms with Crippen molar-refractivity contribution in [3.05, 3.63) is 35.0 Å². The maximum Gasteiger partial charge on any atom is 0.165 e. The molecule has 0 unspecified atom stereocenters. The van der Waals surface area contributed by atoms with Crippen molar-refractivity contribution < 1.29 is 4.84 Å². The van der Waals surface area contributed by atoms with Gasteiger partial charge in [0.25, 0.3) is 0 Å². The zero-order valence-electron chi connectivity index (χ0n) is 14.1. The molecule has 0 aromatic carbocycles. The normalized spacial score (nSPS) is 17.0. The number of hydrogen-bond acceptors (Lipinski definition) is 6. The van der Waals surface area contributed by atoms with Crippen LogP contribution in [0.3, 0.4) is 0 Å². The minimum atomic E-state index is 0.696. The number of aromatic nitrogens is 3. The van der Waals surface area contributed by atoms with E-state index in [1.54, 1.807) is 35.9 Å². The number of nitrogens with zero attached hydrogens (tertiary/aromatic N) is 4. The molecule has 1 atom stereocenters. The molecule has 3 heterocycles. The minimum absolute atomic E-state index is 0.696. The van der Waals surface area contributed by atoms with Crippen LogP contribution in [0.4, 0.5) is 5.82 Å². The number of anilines is 1. The largest absolute Gasteiger partial charge is 0.276 e. The molecule has 0 N–H and O–H groups in total. The molecule has 0 amide bonds. The molecule has 0 bridgehead atoms. The lowest BCUT2D eigenvalue weighted by Gasteiger charge is -2.20. The molecule has 0 radical (unpaired) electrons. The van der Waals surface area contributed by atoms with E-state index >= 15 is 0 Å². The molecule has 0 saturated heterocycles. The Labute approximate surface area is 145 Å². The Morgan fingerprint density at radius 3 is 2.96 bits per heavy atom. The Bertz CT molecular complexity index is 878. The molecule has 6 heteroatoms. The van der Waals surface area contributed by atoms with Crippen molar-refractivity contribution in [1.29, 1.82) is 0 Å². The van der Waals surface area contributed by atoms with Crippen LogP contribution in [0.5, 0.6) is 0 Å². The zero-order valence-corrected chi connectivity index (χ0v) is 14.9. The molecule has 4 rings (SSSR count). The monoisotopic (exact) mass is 340 g/mol. The van der Waals surface area contributed by atoms with Gasteiger partial charge in [0.05, 0.1) is 12.5 Å². The second kappa shape index (κ2) is 6.11. The highest BCUT2D eigenvalue weighted by Crippen LogP contribution is 2.41. The molecule has 1 aliphatic rings. The van der Waals surface area contributed by atoms with Crippen LogP contribution >= 0.6 is 11.3 Å². The first kappa shape index (κ1) is 15.5. The first-order valence-electron chi connectivity index (χ1n) is 8.18. The standard InChI is InChI=1S/C18H20N4OS/c1-11-6-7-13-14(9-11)24-18-15(13)17(22(2)23-3)20-16(21-18)12-5-4-8-19-10-12/h4-5,8,10-11H,6-7,9H2,1-3H3/t11-/m1/s1. The van der Waals surface area contributed by atoms with Gasteiger partial charge >= 0.3 is 0 Å². The molecule has 0 aliphatic heterocycles. The number of hydrogen-bond donors (Lipinski definition) is 0. The van der Waals surface area contributed by atoms with Crippen LogP contribution in [0, 0.1) is 5.92 Å². The highest BCUT2D eigenvalue weighted by atomic mass is 32.1. The predicted octanol–water partition coefficient (Wildman–Crippen LogP) is 3.88. The second-order valence-corrected chi connectivity index (χ2v) is 7.41. The SMILES string of the molecule is CON(C)c1nc(-c2cccnc2)nc2sc3c(c12)CC[C@@H](C)C3. The van der Waals surface area contributed by atoms with Crippen molar-refractivity contribution in [2.24, 2.45) is 5.92 Å². The minimum Gasteiger partial charge on any atom is -0.276 e. The Morgan fingerprint density at radius 1 is 1.33 bits per heavy atom. The number of hydroxylamine groups is 1. The summed E-state index contributed by atoms with van der Waals surface area (Å²) in [4.78, 5) is 21.8. The predicted molar refractivity (Wildman–Crippen MR) is 97.2 cm³/mol. The fraction of sp³-hybridized carbons (Fsp3) is 0.389. The Morgan fingerprint density at radius 2 is 2.21 bits per heavy atom. The van der Waals surface area contributed by atoms with Gasteiger partial charge in [-0.15, -0.1) is 11.3 Å². The summed E-state index contributed by atoms with van der Waals surface area (Å²) in [6, 6.07) is 3.89. The first-order chi connectivity index (χ1) is 11.7. The first-order valence-corrected chi connectivity index (χ1v) is 8.99. The summed E-state index contributed by atoms with van der Waals surface area (Å²) in [5.41, 5.74) is 2.33. The zero-order chi connectivity index (χ0) is 16.7. The van der Waals surface area contributed by atoms with E-state index in [0.29, 0.717) is 5.82 Å². The van der Waals surface area contributed by atoms with E-state index in [9.17, 15) is 0 Å². The molecule has 0 saturated carbocycles. The molecule has 1 aliphatic carbocycles. The Hall–Kier alpha value is -2.05. The van der Waals surface area contributed by atoms with Crippen LogP contribution in [-0.2, 0) is 17.7 Å². The highest BCUT2D eigenvalue weighted by Gasteiger charge is 2.25.